The Balaban J connectivity index is 0.00000420. The maximum atomic E-state index is 5.84. The quantitative estimate of drug-likeness (QED) is 0.198. The van der Waals surface area contributed by atoms with Gasteiger partial charge in [-0.3, -0.25) is 0 Å². The molecule has 0 aromatic carbocycles. The molecule has 1 atom stereocenters. The summed E-state index contributed by atoms with van der Waals surface area (Å²) in [6.07, 6.45) is 5.03. The van der Waals surface area contributed by atoms with Crippen molar-refractivity contribution in [2.75, 3.05) is 53.2 Å². The van der Waals surface area contributed by atoms with Crippen LogP contribution < -0.4 is 10.1 Å². The van der Waals surface area contributed by atoms with Gasteiger partial charge in [0.1, 0.15) is 0 Å². The number of nitrogens with one attached hydrogen (secondary N) is 1. The zero-order valence-electron chi connectivity index (χ0n) is 18.1. The second-order valence-electron chi connectivity index (χ2n) is 7.01. The summed E-state index contributed by atoms with van der Waals surface area (Å²) < 4.78 is 16.6. The number of hydrogen-bond donors (Lipinski definition) is 1. The molecule has 0 amide bonds. The Hall–Kier alpha value is -1.13. The number of methoxy groups -OCH3 is 1. The molecule has 1 aromatic heterocycles. The number of nitrogens with zero attached hydrogens (tertiary/aromatic N) is 3. The average Bonchev–Trinajstić information content (AvgIpc) is 3.18. The maximum absolute atomic E-state index is 5.84. The fraction of sp³-hybridized carbons (Fsp3) is 0.714. The number of likely N-dealkylation sites (tertiary alicyclic amines) is 1. The fourth-order valence-corrected chi connectivity index (χ4v) is 3.13. The van der Waals surface area contributed by atoms with Gasteiger partial charge < -0.3 is 24.4 Å². The minimum atomic E-state index is 0. The summed E-state index contributed by atoms with van der Waals surface area (Å²) >= 11 is 0. The van der Waals surface area contributed by atoms with Gasteiger partial charge in [-0.25, -0.2) is 9.98 Å². The number of aliphatic imine (C=N–C) groups is 1. The molecule has 2 heterocycles. The molecule has 0 aliphatic carbocycles. The van der Waals surface area contributed by atoms with Crippen molar-refractivity contribution in [3.8, 4) is 5.88 Å². The molecule has 7 nitrogen and oxygen atoms in total. The molecule has 1 aliphatic heterocycles. The van der Waals surface area contributed by atoms with Crippen molar-refractivity contribution in [2.24, 2.45) is 10.9 Å². The zero-order chi connectivity index (χ0) is 20.0. The Labute approximate surface area is 192 Å². The summed E-state index contributed by atoms with van der Waals surface area (Å²) in [4.78, 5) is 11.6. The standard InChI is InChI=1S/C21H36N4O3.HI/c1-4-6-12-28-20-19(8-7-10-23-20)15-24-21(22-5-2)25-11-9-18(16-25)17-27-14-13-26-3;/h7-8,10,18H,4-6,9,11-17H2,1-3H3,(H,22,24);1H. The van der Waals surface area contributed by atoms with Crippen molar-refractivity contribution in [3.05, 3.63) is 23.9 Å². The Morgan fingerprint density at radius 3 is 2.93 bits per heavy atom. The van der Waals surface area contributed by atoms with Crippen molar-refractivity contribution in [1.29, 1.82) is 0 Å². The van der Waals surface area contributed by atoms with Crippen LogP contribution in [0, 0.1) is 5.92 Å². The Bertz CT molecular complexity index is 589. The predicted octanol–water partition coefficient (Wildman–Crippen LogP) is 3.33. The second-order valence-corrected chi connectivity index (χ2v) is 7.01. The number of hydrogen-bond acceptors (Lipinski definition) is 5. The van der Waals surface area contributed by atoms with Gasteiger partial charge in [0.25, 0.3) is 0 Å². The van der Waals surface area contributed by atoms with E-state index in [1.54, 1.807) is 13.3 Å². The van der Waals surface area contributed by atoms with E-state index in [2.05, 4.69) is 29.0 Å². The van der Waals surface area contributed by atoms with Crippen LogP contribution in [0.4, 0.5) is 0 Å². The molecule has 8 heteroatoms. The van der Waals surface area contributed by atoms with Gasteiger partial charge in [0.05, 0.1) is 33.0 Å². The number of aromatic nitrogens is 1. The van der Waals surface area contributed by atoms with E-state index in [-0.39, 0.29) is 24.0 Å². The highest BCUT2D eigenvalue weighted by atomic mass is 127. The van der Waals surface area contributed by atoms with E-state index in [0.29, 0.717) is 38.2 Å². The molecule has 29 heavy (non-hydrogen) atoms. The molecule has 166 valence electrons. The molecular formula is C21H37IN4O3. The summed E-state index contributed by atoms with van der Waals surface area (Å²) in [5.74, 6) is 2.18. The van der Waals surface area contributed by atoms with Gasteiger partial charge in [0.2, 0.25) is 5.88 Å². The van der Waals surface area contributed by atoms with Crippen LogP contribution in [0.3, 0.4) is 0 Å². The van der Waals surface area contributed by atoms with E-state index >= 15 is 0 Å². The van der Waals surface area contributed by atoms with Crippen LogP contribution in [-0.2, 0) is 16.0 Å². The van der Waals surface area contributed by atoms with Crippen LogP contribution in [0.15, 0.2) is 23.3 Å². The van der Waals surface area contributed by atoms with E-state index < -0.39 is 0 Å². The van der Waals surface area contributed by atoms with Crippen LogP contribution in [0.2, 0.25) is 0 Å². The van der Waals surface area contributed by atoms with Crippen molar-refractivity contribution in [3.63, 3.8) is 0 Å². The molecule has 1 aromatic rings. The van der Waals surface area contributed by atoms with Crippen LogP contribution in [0.5, 0.6) is 5.88 Å². The zero-order valence-corrected chi connectivity index (χ0v) is 20.4. The largest absolute Gasteiger partial charge is 0.477 e. The predicted molar refractivity (Wildman–Crippen MR) is 127 cm³/mol. The third-order valence-corrected chi connectivity index (χ3v) is 4.69. The lowest BCUT2D eigenvalue weighted by Crippen LogP contribution is -2.40. The van der Waals surface area contributed by atoms with Crippen LogP contribution in [-0.4, -0.2) is 69.0 Å². The molecule has 0 spiro atoms. The molecule has 1 N–H and O–H groups in total. The maximum Gasteiger partial charge on any atom is 0.218 e. The summed E-state index contributed by atoms with van der Waals surface area (Å²) in [5, 5.41) is 3.42. The minimum absolute atomic E-state index is 0. The number of halogens is 1. The lowest BCUT2D eigenvalue weighted by molar-refractivity contribution is 0.0536. The third-order valence-electron chi connectivity index (χ3n) is 4.69. The highest BCUT2D eigenvalue weighted by Crippen LogP contribution is 2.19. The van der Waals surface area contributed by atoms with Crippen molar-refractivity contribution in [2.45, 2.75) is 39.7 Å². The van der Waals surface area contributed by atoms with Crippen LogP contribution >= 0.6 is 24.0 Å². The van der Waals surface area contributed by atoms with Crippen molar-refractivity contribution >= 4 is 29.9 Å². The summed E-state index contributed by atoms with van der Waals surface area (Å²) in [6, 6.07) is 3.98. The van der Waals surface area contributed by atoms with Crippen LogP contribution in [0.25, 0.3) is 0 Å². The molecular weight excluding hydrogens is 483 g/mol. The average molecular weight is 520 g/mol. The van der Waals surface area contributed by atoms with Gasteiger partial charge in [-0.2, -0.15) is 0 Å². The Kier molecular flexibility index (Phi) is 14.0. The van der Waals surface area contributed by atoms with Gasteiger partial charge in [0, 0.05) is 44.4 Å². The lowest BCUT2D eigenvalue weighted by atomic mass is 10.1. The first-order valence-corrected chi connectivity index (χ1v) is 10.4. The number of pyridine rings is 1. The molecule has 2 rings (SSSR count). The molecule has 1 fully saturated rings. The summed E-state index contributed by atoms with van der Waals surface area (Å²) in [5.41, 5.74) is 1.02. The third kappa shape index (κ3) is 9.48. The van der Waals surface area contributed by atoms with Gasteiger partial charge in [-0.15, -0.1) is 24.0 Å². The highest BCUT2D eigenvalue weighted by molar-refractivity contribution is 14.0. The summed E-state index contributed by atoms with van der Waals surface area (Å²) in [7, 11) is 1.70. The topological polar surface area (TPSA) is 68.2 Å². The molecule has 1 saturated heterocycles. The van der Waals surface area contributed by atoms with E-state index in [0.717, 1.165) is 57.0 Å². The number of unbranched alkanes of at least 4 members (excludes halogenated alkanes) is 1. The smallest absolute Gasteiger partial charge is 0.218 e. The highest BCUT2D eigenvalue weighted by Gasteiger charge is 2.25. The Morgan fingerprint density at radius 1 is 1.31 bits per heavy atom. The number of rotatable bonds is 12. The van der Waals surface area contributed by atoms with E-state index in [1.165, 1.54) is 0 Å². The molecule has 0 saturated carbocycles. The minimum Gasteiger partial charge on any atom is -0.477 e. The lowest BCUT2D eigenvalue weighted by Gasteiger charge is -2.22. The number of guanidine groups is 1. The van der Waals surface area contributed by atoms with Crippen molar-refractivity contribution in [1.82, 2.24) is 15.2 Å². The van der Waals surface area contributed by atoms with E-state index in [1.807, 2.05) is 12.1 Å². The van der Waals surface area contributed by atoms with Gasteiger partial charge in [-0.05, 0) is 25.8 Å². The number of ether oxygens (including phenoxy) is 3. The first-order valence-electron chi connectivity index (χ1n) is 10.4. The van der Waals surface area contributed by atoms with E-state index in [4.69, 9.17) is 19.2 Å². The van der Waals surface area contributed by atoms with E-state index in [9.17, 15) is 0 Å². The van der Waals surface area contributed by atoms with Gasteiger partial charge in [-0.1, -0.05) is 19.4 Å². The first kappa shape index (κ1) is 25.9. The first-order chi connectivity index (χ1) is 13.8. The molecule has 1 unspecified atom stereocenters. The molecule has 1 aliphatic rings. The molecule has 0 bridgehead atoms. The normalized spacial score (nSPS) is 16.6. The van der Waals surface area contributed by atoms with Gasteiger partial charge in [0.15, 0.2) is 5.96 Å². The second kappa shape index (κ2) is 15.7. The van der Waals surface area contributed by atoms with Crippen molar-refractivity contribution < 1.29 is 14.2 Å². The monoisotopic (exact) mass is 520 g/mol. The summed E-state index contributed by atoms with van der Waals surface area (Å²) in [6.45, 7) is 10.4. The SMILES string of the molecule is CCCCOc1ncccc1CN=C(NCC)N1CCC(COCCOC)C1.I. The Morgan fingerprint density at radius 2 is 2.17 bits per heavy atom. The van der Waals surface area contributed by atoms with Gasteiger partial charge >= 0.3 is 0 Å². The fourth-order valence-electron chi connectivity index (χ4n) is 3.13. The van der Waals surface area contributed by atoms with Crippen LogP contribution in [0.1, 0.15) is 38.7 Å². The molecule has 0 radical (unpaired) electrons.